The van der Waals surface area contributed by atoms with Crippen LogP contribution in [0.5, 0.6) is 5.75 Å². The summed E-state index contributed by atoms with van der Waals surface area (Å²) in [5.41, 5.74) is 5.76. The Morgan fingerprint density at radius 3 is 2.73 bits per heavy atom. The third kappa shape index (κ3) is 3.71. The molecule has 0 radical (unpaired) electrons. The number of halogens is 1. The van der Waals surface area contributed by atoms with Gasteiger partial charge in [-0.3, -0.25) is 0 Å². The molecule has 0 fully saturated rings. The number of hydrogen-bond donors (Lipinski definition) is 2. The first-order chi connectivity index (χ1) is 6.99. The third-order valence-electron chi connectivity index (χ3n) is 1.56. The number of thiocarbonyl (C=S) groups is 1. The summed E-state index contributed by atoms with van der Waals surface area (Å²) in [6.45, 7) is 3.77. The molecule has 3 N–H and O–H groups in total. The van der Waals surface area contributed by atoms with E-state index in [1.807, 2.05) is 13.8 Å². The van der Waals surface area contributed by atoms with Crippen molar-refractivity contribution in [3.63, 3.8) is 0 Å². The molecule has 82 valence electrons. The summed E-state index contributed by atoms with van der Waals surface area (Å²) in [4.78, 5) is 0. The number of nitrogens with two attached hydrogens (primary N) is 1. The van der Waals surface area contributed by atoms with E-state index in [1.54, 1.807) is 0 Å². The second kappa shape index (κ2) is 4.93. The monoisotopic (exact) mass is 228 g/mol. The van der Waals surface area contributed by atoms with Crippen LogP contribution in [0.25, 0.3) is 0 Å². The van der Waals surface area contributed by atoms with Crippen molar-refractivity contribution in [2.75, 3.05) is 5.32 Å². The van der Waals surface area contributed by atoms with Crippen LogP contribution in [0, 0.1) is 5.82 Å². The van der Waals surface area contributed by atoms with Gasteiger partial charge in [0.2, 0.25) is 0 Å². The van der Waals surface area contributed by atoms with E-state index in [-0.39, 0.29) is 17.0 Å². The van der Waals surface area contributed by atoms with Crippen LogP contribution in [0.2, 0.25) is 0 Å². The highest BCUT2D eigenvalue weighted by atomic mass is 32.1. The largest absolute Gasteiger partial charge is 0.489 e. The van der Waals surface area contributed by atoms with Crippen molar-refractivity contribution in [3.8, 4) is 5.75 Å². The third-order valence-corrected chi connectivity index (χ3v) is 1.66. The summed E-state index contributed by atoms with van der Waals surface area (Å²) >= 11 is 4.68. The lowest BCUT2D eigenvalue weighted by molar-refractivity contribution is 0.243. The summed E-state index contributed by atoms with van der Waals surface area (Å²) in [6, 6.07) is 4.15. The van der Waals surface area contributed by atoms with Crippen molar-refractivity contribution in [3.05, 3.63) is 24.0 Å². The fourth-order valence-electron chi connectivity index (χ4n) is 1.09. The first-order valence-corrected chi connectivity index (χ1v) is 4.92. The van der Waals surface area contributed by atoms with Gasteiger partial charge in [-0.15, -0.1) is 0 Å². The van der Waals surface area contributed by atoms with Crippen molar-refractivity contribution in [2.24, 2.45) is 5.73 Å². The lowest BCUT2D eigenvalue weighted by Crippen LogP contribution is -2.20. The molecule has 0 unspecified atom stereocenters. The van der Waals surface area contributed by atoms with Gasteiger partial charge in [-0.05, 0) is 38.2 Å². The van der Waals surface area contributed by atoms with Crippen molar-refractivity contribution >= 4 is 23.0 Å². The van der Waals surface area contributed by atoms with Gasteiger partial charge in [0, 0.05) is 6.07 Å². The summed E-state index contributed by atoms with van der Waals surface area (Å²) in [7, 11) is 0. The molecule has 0 aliphatic heterocycles. The number of nitrogens with one attached hydrogen (secondary N) is 1. The Bertz CT molecular complexity index is 368. The summed E-state index contributed by atoms with van der Waals surface area (Å²) < 4.78 is 18.4. The number of rotatable bonds is 3. The standard InChI is InChI=1S/C10H13FN2OS/c1-6(2)14-9-4-3-7(11)5-8(9)13-10(12)15/h3-6H,1-2H3,(H3,12,13,15). The number of benzene rings is 1. The SMILES string of the molecule is CC(C)Oc1ccc(F)cc1NC(N)=S. The Labute approximate surface area is 93.4 Å². The highest BCUT2D eigenvalue weighted by Crippen LogP contribution is 2.26. The molecule has 3 nitrogen and oxygen atoms in total. The molecule has 0 aliphatic carbocycles. The zero-order chi connectivity index (χ0) is 11.4. The maximum absolute atomic E-state index is 13.0. The molecule has 1 aromatic carbocycles. The molecule has 0 atom stereocenters. The summed E-state index contributed by atoms with van der Waals surface area (Å²) in [5, 5.41) is 2.74. The maximum atomic E-state index is 13.0. The lowest BCUT2D eigenvalue weighted by Gasteiger charge is -2.14. The zero-order valence-electron chi connectivity index (χ0n) is 8.58. The van der Waals surface area contributed by atoms with Gasteiger partial charge in [-0.25, -0.2) is 4.39 Å². The molecule has 0 aromatic heterocycles. The molecule has 0 aliphatic rings. The van der Waals surface area contributed by atoms with E-state index in [2.05, 4.69) is 17.5 Å². The minimum Gasteiger partial charge on any atom is -0.489 e. The van der Waals surface area contributed by atoms with E-state index < -0.39 is 0 Å². The van der Waals surface area contributed by atoms with E-state index in [0.29, 0.717) is 11.4 Å². The predicted molar refractivity (Wildman–Crippen MR) is 62.6 cm³/mol. The maximum Gasteiger partial charge on any atom is 0.168 e. The van der Waals surface area contributed by atoms with Crippen LogP contribution in [-0.4, -0.2) is 11.2 Å². The molecule has 0 amide bonds. The van der Waals surface area contributed by atoms with Crippen molar-refractivity contribution in [2.45, 2.75) is 20.0 Å². The average Bonchev–Trinajstić information content (AvgIpc) is 2.08. The average molecular weight is 228 g/mol. The fourth-order valence-corrected chi connectivity index (χ4v) is 1.20. The first kappa shape index (κ1) is 11.7. The van der Waals surface area contributed by atoms with Crippen molar-refractivity contribution in [1.82, 2.24) is 0 Å². The Morgan fingerprint density at radius 1 is 1.53 bits per heavy atom. The van der Waals surface area contributed by atoms with Crippen LogP contribution in [-0.2, 0) is 0 Å². The smallest absolute Gasteiger partial charge is 0.168 e. The van der Waals surface area contributed by atoms with E-state index in [0.717, 1.165) is 0 Å². The van der Waals surface area contributed by atoms with Gasteiger partial charge in [-0.2, -0.15) is 0 Å². The van der Waals surface area contributed by atoms with Crippen LogP contribution in [0.3, 0.4) is 0 Å². The number of hydrogen-bond acceptors (Lipinski definition) is 2. The molecular formula is C10H13FN2OS. The molecule has 1 aromatic rings. The number of anilines is 1. The summed E-state index contributed by atoms with van der Waals surface area (Å²) in [6.07, 6.45) is 0.00218. The van der Waals surface area contributed by atoms with E-state index in [9.17, 15) is 4.39 Å². The molecule has 1 rings (SSSR count). The molecule has 0 bridgehead atoms. The van der Waals surface area contributed by atoms with Gasteiger partial charge >= 0.3 is 0 Å². The van der Waals surface area contributed by atoms with Crippen LogP contribution < -0.4 is 15.8 Å². The van der Waals surface area contributed by atoms with Crippen LogP contribution in [0.1, 0.15) is 13.8 Å². The Balaban J connectivity index is 2.97. The van der Waals surface area contributed by atoms with Gasteiger partial charge in [0.1, 0.15) is 11.6 Å². The van der Waals surface area contributed by atoms with Crippen LogP contribution in [0.15, 0.2) is 18.2 Å². The minimum atomic E-state index is -0.371. The Kier molecular flexibility index (Phi) is 3.85. The van der Waals surface area contributed by atoms with Crippen LogP contribution >= 0.6 is 12.2 Å². The fraction of sp³-hybridized carbons (Fsp3) is 0.300. The molecule has 5 heteroatoms. The molecule has 0 spiro atoms. The second-order valence-electron chi connectivity index (χ2n) is 3.30. The van der Waals surface area contributed by atoms with E-state index in [1.165, 1.54) is 18.2 Å². The molecule has 15 heavy (non-hydrogen) atoms. The predicted octanol–water partition coefficient (Wildman–Crippen LogP) is 2.27. The van der Waals surface area contributed by atoms with E-state index >= 15 is 0 Å². The van der Waals surface area contributed by atoms with Gasteiger partial charge in [0.05, 0.1) is 11.8 Å². The first-order valence-electron chi connectivity index (χ1n) is 4.51. The normalized spacial score (nSPS) is 10.1. The number of ether oxygens (including phenoxy) is 1. The highest BCUT2D eigenvalue weighted by Gasteiger charge is 2.07. The summed E-state index contributed by atoms with van der Waals surface area (Å²) in [5.74, 6) is 0.157. The Morgan fingerprint density at radius 2 is 2.20 bits per heavy atom. The van der Waals surface area contributed by atoms with Gasteiger partial charge in [0.25, 0.3) is 0 Å². The topological polar surface area (TPSA) is 47.3 Å². The highest BCUT2D eigenvalue weighted by molar-refractivity contribution is 7.80. The van der Waals surface area contributed by atoms with Crippen molar-refractivity contribution in [1.29, 1.82) is 0 Å². The lowest BCUT2D eigenvalue weighted by atomic mass is 10.3. The van der Waals surface area contributed by atoms with Gasteiger partial charge in [-0.1, -0.05) is 0 Å². The molecular weight excluding hydrogens is 215 g/mol. The second-order valence-corrected chi connectivity index (χ2v) is 3.74. The van der Waals surface area contributed by atoms with E-state index in [4.69, 9.17) is 10.5 Å². The van der Waals surface area contributed by atoms with Gasteiger partial charge in [0.15, 0.2) is 5.11 Å². The quantitative estimate of drug-likeness (QED) is 0.779. The molecule has 0 saturated heterocycles. The zero-order valence-corrected chi connectivity index (χ0v) is 9.40. The minimum absolute atomic E-state index is 0.00218. The van der Waals surface area contributed by atoms with Gasteiger partial charge < -0.3 is 15.8 Å². The molecule has 0 heterocycles. The Hall–Kier alpha value is -1.36. The molecule has 0 saturated carbocycles. The van der Waals surface area contributed by atoms with Crippen LogP contribution in [0.4, 0.5) is 10.1 Å². The van der Waals surface area contributed by atoms with Crippen molar-refractivity contribution < 1.29 is 9.13 Å².